The Morgan fingerprint density at radius 1 is 1.22 bits per heavy atom. The number of benzene rings is 2. The summed E-state index contributed by atoms with van der Waals surface area (Å²) in [7, 11) is 0. The third kappa shape index (κ3) is 2.22. The average Bonchev–Trinajstić information content (AvgIpc) is 3.24. The van der Waals surface area contributed by atoms with E-state index in [0.29, 0.717) is 0 Å². The van der Waals surface area contributed by atoms with Crippen molar-refractivity contribution in [3.63, 3.8) is 0 Å². The van der Waals surface area contributed by atoms with E-state index in [1.807, 2.05) is 37.4 Å². The second-order valence-electron chi connectivity index (χ2n) is 6.24. The van der Waals surface area contributed by atoms with Gasteiger partial charge in [0, 0.05) is 22.8 Å². The van der Waals surface area contributed by atoms with Gasteiger partial charge in [0.25, 0.3) is 0 Å². The minimum atomic E-state index is -0.547. The summed E-state index contributed by atoms with van der Waals surface area (Å²) in [5.74, 6) is -0.301. The normalized spacial score (nSPS) is 15.6. The van der Waals surface area contributed by atoms with Crippen molar-refractivity contribution in [3.8, 4) is 0 Å². The molecule has 1 saturated carbocycles. The Balaban J connectivity index is 1.71. The summed E-state index contributed by atoms with van der Waals surface area (Å²) in [6.45, 7) is 1.97. The summed E-state index contributed by atoms with van der Waals surface area (Å²) < 4.78 is 13.6. The zero-order valence-electron chi connectivity index (χ0n) is 12.8. The van der Waals surface area contributed by atoms with Crippen molar-refractivity contribution >= 4 is 22.5 Å². The number of carbonyl (C=O) groups is 1. The Hall–Kier alpha value is -2.62. The molecule has 0 bridgehead atoms. The van der Waals surface area contributed by atoms with Crippen LogP contribution in [-0.4, -0.2) is 10.9 Å². The first-order valence-electron chi connectivity index (χ1n) is 7.74. The molecule has 0 spiro atoms. The molecule has 1 amide bonds. The fourth-order valence-corrected chi connectivity index (χ4v) is 3.19. The highest BCUT2D eigenvalue weighted by Crippen LogP contribution is 2.51. The molecular formula is C19H17FN2O. The number of H-pyrrole nitrogens is 1. The minimum Gasteiger partial charge on any atom is -0.361 e. The Kier molecular flexibility index (Phi) is 3.01. The first kappa shape index (κ1) is 14.0. The lowest BCUT2D eigenvalue weighted by atomic mass is 9.94. The number of anilines is 1. The second kappa shape index (κ2) is 4.95. The summed E-state index contributed by atoms with van der Waals surface area (Å²) in [4.78, 5) is 16.0. The van der Waals surface area contributed by atoms with Gasteiger partial charge in [-0.1, -0.05) is 18.2 Å². The Morgan fingerprint density at radius 3 is 2.74 bits per heavy atom. The fourth-order valence-electron chi connectivity index (χ4n) is 3.19. The minimum absolute atomic E-state index is 0.0167. The van der Waals surface area contributed by atoms with Gasteiger partial charge in [-0.05, 0) is 55.2 Å². The van der Waals surface area contributed by atoms with E-state index in [0.717, 1.165) is 40.6 Å². The summed E-state index contributed by atoms with van der Waals surface area (Å²) in [6.07, 6.45) is 3.41. The number of rotatable bonds is 3. The van der Waals surface area contributed by atoms with E-state index >= 15 is 0 Å². The SMILES string of the molecule is Cc1ccccc1NC(=O)C1(c2c[nH]c3ccc(F)cc23)CC1. The number of hydrogen-bond acceptors (Lipinski definition) is 1. The highest BCUT2D eigenvalue weighted by Gasteiger charge is 2.52. The number of para-hydroxylation sites is 1. The van der Waals surface area contributed by atoms with Crippen molar-refractivity contribution in [2.75, 3.05) is 5.32 Å². The lowest BCUT2D eigenvalue weighted by molar-refractivity contribution is -0.118. The smallest absolute Gasteiger partial charge is 0.235 e. The molecule has 2 aromatic carbocycles. The molecular weight excluding hydrogens is 291 g/mol. The van der Waals surface area contributed by atoms with Gasteiger partial charge >= 0.3 is 0 Å². The van der Waals surface area contributed by atoms with Gasteiger partial charge in [-0.3, -0.25) is 4.79 Å². The van der Waals surface area contributed by atoms with E-state index in [1.165, 1.54) is 12.1 Å². The Labute approximate surface area is 133 Å². The van der Waals surface area contributed by atoms with Gasteiger partial charge in [0.05, 0.1) is 5.41 Å². The molecule has 2 N–H and O–H groups in total. The number of hydrogen-bond donors (Lipinski definition) is 2. The molecule has 116 valence electrons. The van der Waals surface area contributed by atoms with E-state index in [-0.39, 0.29) is 11.7 Å². The number of nitrogens with one attached hydrogen (secondary N) is 2. The van der Waals surface area contributed by atoms with Crippen LogP contribution in [0.3, 0.4) is 0 Å². The maximum Gasteiger partial charge on any atom is 0.235 e. The second-order valence-corrected chi connectivity index (χ2v) is 6.24. The van der Waals surface area contributed by atoms with Crippen LogP contribution in [0.1, 0.15) is 24.0 Å². The summed E-state index contributed by atoms with van der Waals surface area (Å²) in [6, 6.07) is 12.4. The van der Waals surface area contributed by atoms with Crippen molar-refractivity contribution in [2.24, 2.45) is 0 Å². The molecule has 0 aliphatic heterocycles. The number of aromatic nitrogens is 1. The first-order chi connectivity index (χ1) is 11.1. The van der Waals surface area contributed by atoms with Crippen molar-refractivity contribution < 1.29 is 9.18 Å². The molecule has 1 fully saturated rings. The molecule has 4 rings (SSSR count). The van der Waals surface area contributed by atoms with Crippen LogP contribution in [0.2, 0.25) is 0 Å². The maximum atomic E-state index is 13.6. The molecule has 0 atom stereocenters. The van der Waals surface area contributed by atoms with Gasteiger partial charge in [0.15, 0.2) is 0 Å². The number of carbonyl (C=O) groups excluding carboxylic acids is 1. The molecule has 0 saturated heterocycles. The number of aryl methyl sites for hydroxylation is 1. The van der Waals surface area contributed by atoms with Crippen LogP contribution in [0, 0.1) is 12.7 Å². The van der Waals surface area contributed by atoms with Gasteiger partial charge in [-0.25, -0.2) is 4.39 Å². The highest BCUT2D eigenvalue weighted by atomic mass is 19.1. The molecule has 1 aliphatic rings. The van der Waals surface area contributed by atoms with Crippen LogP contribution in [0.25, 0.3) is 10.9 Å². The third-order valence-electron chi connectivity index (χ3n) is 4.74. The average molecular weight is 308 g/mol. The topological polar surface area (TPSA) is 44.9 Å². The van der Waals surface area contributed by atoms with Gasteiger partial charge in [-0.2, -0.15) is 0 Å². The summed E-state index contributed by atoms with van der Waals surface area (Å²) in [5, 5.41) is 3.83. The van der Waals surface area contributed by atoms with Gasteiger partial charge < -0.3 is 10.3 Å². The number of aromatic amines is 1. The zero-order chi connectivity index (χ0) is 16.0. The summed E-state index contributed by atoms with van der Waals surface area (Å²) in [5.41, 5.74) is 3.06. The van der Waals surface area contributed by atoms with Gasteiger partial charge in [0.1, 0.15) is 5.82 Å². The van der Waals surface area contributed by atoms with Crippen LogP contribution in [0.5, 0.6) is 0 Å². The Bertz CT molecular complexity index is 909. The van der Waals surface area contributed by atoms with Crippen LogP contribution in [0.15, 0.2) is 48.7 Å². The van der Waals surface area contributed by atoms with Crippen molar-refractivity contribution in [1.82, 2.24) is 4.98 Å². The standard InChI is InChI=1S/C19H17FN2O/c1-12-4-2-3-5-16(12)22-18(23)19(8-9-19)15-11-21-17-7-6-13(20)10-14(15)17/h2-7,10-11,21H,8-9H2,1H3,(H,22,23). The predicted molar refractivity (Wildman–Crippen MR) is 89.0 cm³/mol. The third-order valence-corrected chi connectivity index (χ3v) is 4.74. The molecule has 4 heteroatoms. The monoisotopic (exact) mass is 308 g/mol. The van der Waals surface area contributed by atoms with Crippen LogP contribution in [-0.2, 0) is 10.2 Å². The quantitative estimate of drug-likeness (QED) is 0.745. The lowest BCUT2D eigenvalue weighted by Gasteiger charge is -2.16. The molecule has 0 unspecified atom stereocenters. The van der Waals surface area contributed by atoms with Crippen molar-refractivity contribution in [1.29, 1.82) is 0 Å². The van der Waals surface area contributed by atoms with Gasteiger partial charge in [-0.15, -0.1) is 0 Å². The largest absolute Gasteiger partial charge is 0.361 e. The molecule has 0 radical (unpaired) electrons. The van der Waals surface area contributed by atoms with E-state index in [9.17, 15) is 9.18 Å². The van der Waals surface area contributed by atoms with Crippen LogP contribution in [0.4, 0.5) is 10.1 Å². The molecule has 1 heterocycles. The van der Waals surface area contributed by atoms with Crippen LogP contribution >= 0.6 is 0 Å². The van der Waals surface area contributed by atoms with E-state index in [1.54, 1.807) is 6.07 Å². The number of amides is 1. The molecule has 1 aliphatic carbocycles. The summed E-state index contributed by atoms with van der Waals surface area (Å²) >= 11 is 0. The maximum absolute atomic E-state index is 13.6. The zero-order valence-corrected chi connectivity index (χ0v) is 12.8. The van der Waals surface area contributed by atoms with Gasteiger partial charge in [0.2, 0.25) is 5.91 Å². The molecule has 3 aromatic rings. The first-order valence-corrected chi connectivity index (χ1v) is 7.74. The lowest BCUT2D eigenvalue weighted by Crippen LogP contribution is -2.28. The molecule has 3 nitrogen and oxygen atoms in total. The van der Waals surface area contributed by atoms with E-state index < -0.39 is 5.41 Å². The molecule has 23 heavy (non-hydrogen) atoms. The molecule has 1 aromatic heterocycles. The van der Waals surface area contributed by atoms with E-state index in [4.69, 9.17) is 0 Å². The van der Waals surface area contributed by atoms with Crippen molar-refractivity contribution in [3.05, 3.63) is 65.6 Å². The highest BCUT2D eigenvalue weighted by molar-refractivity contribution is 6.04. The fraction of sp³-hybridized carbons (Fsp3) is 0.211. The number of fused-ring (bicyclic) bond motifs is 1. The Morgan fingerprint density at radius 2 is 2.00 bits per heavy atom. The predicted octanol–water partition coefficient (Wildman–Crippen LogP) is 4.29. The number of halogens is 1. The van der Waals surface area contributed by atoms with E-state index in [2.05, 4.69) is 10.3 Å². The van der Waals surface area contributed by atoms with Crippen LogP contribution < -0.4 is 5.32 Å². The van der Waals surface area contributed by atoms with Crippen molar-refractivity contribution in [2.45, 2.75) is 25.2 Å².